The molecule has 7 nitrogen and oxygen atoms in total. The standard InChI is InChI=1S/C10H13IN2O5/c1-4-3-13(10(17)12-9(4)16)6-2-5(14)7(18-6)8(11)15/h3,5-8,14-15H,2H2,1H3,(H,12,16,17)/t5-,6+,7-,8?/m0/s1. The van der Waals surface area contributed by atoms with E-state index in [1.54, 1.807) is 29.5 Å². The van der Waals surface area contributed by atoms with Crippen molar-refractivity contribution in [3.8, 4) is 0 Å². The first kappa shape index (κ1) is 13.7. The number of aliphatic hydroxyl groups is 2. The van der Waals surface area contributed by atoms with Gasteiger partial charge in [-0.3, -0.25) is 14.3 Å². The molecule has 0 bridgehead atoms. The van der Waals surface area contributed by atoms with Crippen LogP contribution in [0, 0.1) is 6.92 Å². The molecule has 0 aromatic carbocycles. The molecule has 1 fully saturated rings. The Hall–Kier alpha value is -0.710. The number of ether oxygens (including phenoxy) is 1. The van der Waals surface area contributed by atoms with Crippen LogP contribution in [0.4, 0.5) is 0 Å². The van der Waals surface area contributed by atoms with Crippen molar-refractivity contribution >= 4 is 22.6 Å². The van der Waals surface area contributed by atoms with Gasteiger partial charge in [-0.2, -0.15) is 0 Å². The van der Waals surface area contributed by atoms with E-state index < -0.39 is 33.8 Å². The predicted octanol–water partition coefficient (Wildman–Crippen LogP) is -0.753. The maximum Gasteiger partial charge on any atom is 0.330 e. The molecule has 0 spiro atoms. The fourth-order valence-electron chi connectivity index (χ4n) is 1.90. The van der Waals surface area contributed by atoms with E-state index in [9.17, 15) is 19.8 Å². The highest BCUT2D eigenvalue weighted by Crippen LogP contribution is 2.30. The van der Waals surface area contributed by atoms with Gasteiger partial charge in [0.05, 0.1) is 6.10 Å². The first-order chi connectivity index (χ1) is 8.40. The highest BCUT2D eigenvalue weighted by atomic mass is 127. The van der Waals surface area contributed by atoms with Crippen LogP contribution in [0.1, 0.15) is 18.2 Å². The molecule has 0 aliphatic carbocycles. The third kappa shape index (κ3) is 2.51. The average Bonchev–Trinajstić information content (AvgIpc) is 2.65. The van der Waals surface area contributed by atoms with Crippen LogP contribution in [0.25, 0.3) is 0 Å². The summed E-state index contributed by atoms with van der Waals surface area (Å²) >= 11 is 1.74. The van der Waals surface area contributed by atoms with Gasteiger partial charge in [0.15, 0.2) is 0 Å². The molecule has 0 amide bonds. The van der Waals surface area contributed by atoms with E-state index in [-0.39, 0.29) is 6.42 Å². The first-order valence-corrected chi connectivity index (χ1v) is 6.62. The summed E-state index contributed by atoms with van der Waals surface area (Å²) in [6, 6.07) is 0. The summed E-state index contributed by atoms with van der Waals surface area (Å²) in [5.41, 5.74) is -0.655. The molecule has 4 atom stereocenters. The normalized spacial score (nSPS) is 29.4. The molecule has 1 aliphatic rings. The topological polar surface area (TPSA) is 105 Å². The van der Waals surface area contributed by atoms with E-state index in [1.165, 1.54) is 10.8 Å². The highest BCUT2D eigenvalue weighted by Gasteiger charge is 2.38. The van der Waals surface area contributed by atoms with Gasteiger partial charge in [0.1, 0.15) is 16.4 Å². The zero-order chi connectivity index (χ0) is 13.4. The lowest BCUT2D eigenvalue weighted by Gasteiger charge is -2.17. The van der Waals surface area contributed by atoms with Crippen molar-refractivity contribution in [3.05, 3.63) is 32.6 Å². The lowest BCUT2D eigenvalue weighted by Crippen LogP contribution is -2.34. The van der Waals surface area contributed by atoms with Crippen LogP contribution in [0.15, 0.2) is 15.8 Å². The second-order valence-corrected chi connectivity index (χ2v) is 5.49. The van der Waals surface area contributed by atoms with Crippen molar-refractivity contribution in [3.63, 3.8) is 0 Å². The van der Waals surface area contributed by atoms with Crippen LogP contribution in [0.2, 0.25) is 0 Å². The third-order valence-electron chi connectivity index (χ3n) is 2.86. The van der Waals surface area contributed by atoms with Gasteiger partial charge < -0.3 is 14.9 Å². The van der Waals surface area contributed by atoms with Crippen LogP contribution in [0.3, 0.4) is 0 Å². The smallest absolute Gasteiger partial charge is 0.330 e. The predicted molar refractivity (Wildman–Crippen MR) is 70.6 cm³/mol. The maximum absolute atomic E-state index is 11.6. The number of nitrogens with zero attached hydrogens (tertiary/aromatic N) is 1. The second kappa shape index (κ2) is 5.11. The van der Waals surface area contributed by atoms with Crippen molar-refractivity contribution in [1.82, 2.24) is 9.55 Å². The quantitative estimate of drug-likeness (QED) is 0.471. The van der Waals surface area contributed by atoms with Gasteiger partial charge in [-0.05, 0) is 29.5 Å². The molecule has 1 aromatic rings. The molecule has 2 rings (SSSR count). The summed E-state index contributed by atoms with van der Waals surface area (Å²) < 4.78 is 5.79. The number of nitrogens with one attached hydrogen (secondary N) is 1. The summed E-state index contributed by atoms with van der Waals surface area (Å²) in [6.07, 6.45) is -0.690. The number of H-pyrrole nitrogens is 1. The van der Waals surface area contributed by atoms with Crippen molar-refractivity contribution in [1.29, 1.82) is 0 Å². The Labute approximate surface area is 116 Å². The molecule has 8 heteroatoms. The van der Waals surface area contributed by atoms with Crippen molar-refractivity contribution < 1.29 is 14.9 Å². The van der Waals surface area contributed by atoms with Crippen LogP contribution >= 0.6 is 22.6 Å². The molecule has 1 aliphatic heterocycles. The zero-order valence-electron chi connectivity index (χ0n) is 9.54. The summed E-state index contributed by atoms with van der Waals surface area (Å²) in [4.78, 5) is 25.1. The van der Waals surface area contributed by atoms with Crippen molar-refractivity contribution in [2.75, 3.05) is 0 Å². The molecule has 0 saturated carbocycles. The zero-order valence-corrected chi connectivity index (χ0v) is 11.7. The van der Waals surface area contributed by atoms with E-state index in [0.717, 1.165) is 0 Å². The fourth-order valence-corrected chi connectivity index (χ4v) is 2.54. The van der Waals surface area contributed by atoms with Crippen molar-refractivity contribution in [2.24, 2.45) is 0 Å². The number of hydrogen-bond donors (Lipinski definition) is 3. The molecule has 1 aromatic heterocycles. The van der Waals surface area contributed by atoms with Gasteiger partial charge in [-0.15, -0.1) is 0 Å². The van der Waals surface area contributed by atoms with Crippen molar-refractivity contribution in [2.45, 2.75) is 35.9 Å². The summed E-state index contributed by atoms with van der Waals surface area (Å²) in [5.74, 6) is 0. The average molecular weight is 368 g/mol. The molecule has 0 radical (unpaired) electrons. The van der Waals surface area contributed by atoms with Crippen LogP contribution in [0.5, 0.6) is 0 Å². The minimum atomic E-state index is -0.859. The molecule has 2 heterocycles. The van der Waals surface area contributed by atoms with E-state index in [0.29, 0.717) is 5.56 Å². The van der Waals surface area contributed by atoms with Gasteiger partial charge in [-0.25, -0.2) is 4.79 Å². The minimum absolute atomic E-state index is 0.191. The van der Waals surface area contributed by atoms with E-state index >= 15 is 0 Å². The van der Waals surface area contributed by atoms with Gasteiger partial charge in [0.25, 0.3) is 5.56 Å². The van der Waals surface area contributed by atoms with Crippen LogP contribution in [-0.4, -0.2) is 36.1 Å². The number of aliphatic hydroxyl groups excluding tert-OH is 2. The van der Waals surface area contributed by atoms with Gasteiger partial charge in [-0.1, -0.05) is 0 Å². The molecule has 1 saturated heterocycles. The van der Waals surface area contributed by atoms with Gasteiger partial charge in [0.2, 0.25) is 0 Å². The number of aryl methyl sites for hydroxylation is 1. The van der Waals surface area contributed by atoms with E-state index in [1.807, 2.05) is 0 Å². The molecule has 3 N–H and O–H groups in total. The SMILES string of the molecule is Cc1cn([C@H]2C[C@H](O)[C@@H](C(O)I)O2)c(=O)[nH]c1=O. The Kier molecular flexibility index (Phi) is 3.90. The molecule has 1 unspecified atom stereocenters. The lowest BCUT2D eigenvalue weighted by molar-refractivity contribution is -0.0517. The number of aromatic nitrogens is 2. The third-order valence-corrected chi connectivity index (χ3v) is 3.57. The highest BCUT2D eigenvalue weighted by molar-refractivity contribution is 14.1. The number of rotatable bonds is 2. The molecule has 100 valence electrons. The second-order valence-electron chi connectivity index (χ2n) is 4.21. The van der Waals surface area contributed by atoms with Crippen LogP contribution in [-0.2, 0) is 4.74 Å². The number of hydrogen-bond acceptors (Lipinski definition) is 5. The van der Waals surface area contributed by atoms with Gasteiger partial charge >= 0.3 is 5.69 Å². The summed E-state index contributed by atoms with van der Waals surface area (Å²) in [7, 11) is 0. The Morgan fingerprint density at radius 1 is 1.61 bits per heavy atom. The molecular formula is C10H13IN2O5. The van der Waals surface area contributed by atoms with E-state index in [2.05, 4.69) is 4.98 Å². The van der Waals surface area contributed by atoms with E-state index in [4.69, 9.17) is 4.74 Å². The fraction of sp³-hybridized carbons (Fsp3) is 0.600. The largest absolute Gasteiger partial charge is 0.390 e. The monoisotopic (exact) mass is 368 g/mol. The van der Waals surface area contributed by atoms with Crippen LogP contribution < -0.4 is 11.2 Å². The number of halogens is 1. The Balaban J connectivity index is 2.32. The molecule has 18 heavy (non-hydrogen) atoms. The Bertz CT molecular complexity index is 552. The minimum Gasteiger partial charge on any atom is -0.390 e. The number of aromatic amines is 1. The molecular weight excluding hydrogens is 355 g/mol. The Morgan fingerprint density at radius 2 is 2.28 bits per heavy atom. The Morgan fingerprint density at radius 3 is 2.83 bits per heavy atom. The summed E-state index contributed by atoms with van der Waals surface area (Å²) in [6.45, 7) is 1.57. The maximum atomic E-state index is 11.6. The van der Waals surface area contributed by atoms with Gasteiger partial charge in [0, 0.05) is 18.2 Å². The summed E-state index contributed by atoms with van der Waals surface area (Å²) in [5, 5.41) is 19.1. The first-order valence-electron chi connectivity index (χ1n) is 5.38. The number of alkyl halides is 1. The lowest BCUT2D eigenvalue weighted by atomic mass is 10.2.